The van der Waals surface area contributed by atoms with E-state index in [0.717, 1.165) is 50.0 Å². The number of pyridine rings is 1. The van der Waals surface area contributed by atoms with Crippen LogP contribution in [0.4, 0.5) is 14.5 Å². The molecule has 1 aliphatic carbocycles. The van der Waals surface area contributed by atoms with Crippen LogP contribution in [0.25, 0.3) is 10.9 Å². The number of hydrogen-bond donors (Lipinski definition) is 1. The third-order valence-electron chi connectivity index (χ3n) is 3.93. The summed E-state index contributed by atoms with van der Waals surface area (Å²) < 4.78 is 27.5. The molecule has 0 spiro atoms. The summed E-state index contributed by atoms with van der Waals surface area (Å²) in [5.41, 5.74) is 3.20. The van der Waals surface area contributed by atoms with Gasteiger partial charge in [0, 0.05) is 23.3 Å². The Hall–Kier alpha value is -1.71. The predicted molar refractivity (Wildman–Crippen MR) is 77.1 cm³/mol. The Morgan fingerprint density at radius 1 is 1.15 bits per heavy atom. The number of rotatable bonds is 2. The Kier molecular flexibility index (Phi) is 3.55. The molecule has 1 aromatic carbocycles. The molecule has 3 rings (SSSR count). The third-order valence-corrected chi connectivity index (χ3v) is 3.93. The first-order valence-electron chi connectivity index (χ1n) is 7.25. The lowest BCUT2D eigenvalue weighted by molar-refractivity contribution is 0.515. The fraction of sp³-hybridized carbons (Fsp3) is 0.438. The van der Waals surface area contributed by atoms with E-state index in [1.165, 1.54) is 11.6 Å². The third kappa shape index (κ3) is 2.13. The van der Waals surface area contributed by atoms with E-state index < -0.39 is 11.6 Å². The van der Waals surface area contributed by atoms with Gasteiger partial charge in [0.25, 0.3) is 0 Å². The first-order valence-corrected chi connectivity index (χ1v) is 7.25. The zero-order valence-corrected chi connectivity index (χ0v) is 11.6. The van der Waals surface area contributed by atoms with E-state index in [1.807, 2.05) is 6.92 Å². The highest BCUT2D eigenvalue weighted by atomic mass is 19.2. The number of nitrogens with one attached hydrogen (secondary N) is 1. The Labute approximate surface area is 117 Å². The molecular formula is C16H18F2N2. The molecule has 0 unspecified atom stereocenters. The Morgan fingerprint density at radius 2 is 1.95 bits per heavy atom. The van der Waals surface area contributed by atoms with Crippen LogP contribution < -0.4 is 5.32 Å². The Balaban J connectivity index is 2.32. The lowest BCUT2D eigenvalue weighted by Crippen LogP contribution is -2.07. The highest BCUT2D eigenvalue weighted by Crippen LogP contribution is 2.34. The number of fused-ring (bicyclic) bond motifs is 2. The lowest BCUT2D eigenvalue weighted by Gasteiger charge is -2.16. The van der Waals surface area contributed by atoms with Gasteiger partial charge in [-0.3, -0.25) is 0 Å². The van der Waals surface area contributed by atoms with Crippen LogP contribution in [-0.2, 0) is 12.8 Å². The molecule has 1 heterocycles. The van der Waals surface area contributed by atoms with E-state index in [4.69, 9.17) is 0 Å². The predicted octanol–water partition coefficient (Wildman–Crippen LogP) is 4.21. The van der Waals surface area contributed by atoms with Gasteiger partial charge in [0.05, 0.1) is 0 Å². The number of aryl methyl sites for hydroxylation is 1. The van der Waals surface area contributed by atoms with Gasteiger partial charge in [-0.1, -0.05) is 6.42 Å². The minimum atomic E-state index is -0.839. The van der Waals surface area contributed by atoms with Crippen molar-refractivity contribution in [1.82, 2.24) is 4.98 Å². The SMILES string of the molecule is CCNc1c2c(nc3c(F)c(F)ccc13)CCCCC2. The van der Waals surface area contributed by atoms with Crippen LogP contribution in [0.3, 0.4) is 0 Å². The first-order chi connectivity index (χ1) is 9.72. The summed E-state index contributed by atoms with van der Waals surface area (Å²) in [6.45, 7) is 2.76. The average molecular weight is 276 g/mol. The largest absolute Gasteiger partial charge is 0.384 e. The van der Waals surface area contributed by atoms with Crippen LogP contribution in [0, 0.1) is 11.6 Å². The van der Waals surface area contributed by atoms with Crippen molar-refractivity contribution >= 4 is 16.6 Å². The molecule has 0 fully saturated rings. The van der Waals surface area contributed by atoms with E-state index in [-0.39, 0.29) is 5.52 Å². The van der Waals surface area contributed by atoms with E-state index in [0.29, 0.717) is 5.39 Å². The van der Waals surface area contributed by atoms with Crippen LogP contribution in [0.5, 0.6) is 0 Å². The molecule has 0 saturated carbocycles. The molecule has 2 aromatic rings. The maximum atomic E-state index is 14.0. The van der Waals surface area contributed by atoms with Crippen molar-refractivity contribution in [3.8, 4) is 0 Å². The molecule has 2 nitrogen and oxygen atoms in total. The highest BCUT2D eigenvalue weighted by molar-refractivity contribution is 5.94. The topological polar surface area (TPSA) is 24.9 Å². The average Bonchev–Trinajstić information content (AvgIpc) is 2.68. The summed E-state index contributed by atoms with van der Waals surface area (Å²) in [5, 5.41) is 4.01. The second kappa shape index (κ2) is 5.35. The second-order valence-electron chi connectivity index (χ2n) is 5.26. The first kappa shape index (κ1) is 13.3. The molecule has 0 radical (unpaired) electrons. The van der Waals surface area contributed by atoms with Gasteiger partial charge in [-0.2, -0.15) is 0 Å². The van der Waals surface area contributed by atoms with Crippen molar-refractivity contribution < 1.29 is 8.78 Å². The summed E-state index contributed by atoms with van der Waals surface area (Å²) in [4.78, 5) is 4.42. The lowest BCUT2D eigenvalue weighted by atomic mass is 10.0. The van der Waals surface area contributed by atoms with E-state index >= 15 is 0 Å². The van der Waals surface area contributed by atoms with Gasteiger partial charge in [-0.15, -0.1) is 0 Å². The number of nitrogens with zero attached hydrogens (tertiary/aromatic N) is 1. The highest BCUT2D eigenvalue weighted by Gasteiger charge is 2.19. The van der Waals surface area contributed by atoms with Gasteiger partial charge in [-0.05, 0) is 50.3 Å². The standard InChI is InChI=1S/C16H18F2N2/c1-2-19-15-10-6-4-3-5-7-13(10)20-16-11(15)8-9-12(17)14(16)18/h8-9H,2-7H2,1H3,(H,19,20). The van der Waals surface area contributed by atoms with Gasteiger partial charge >= 0.3 is 0 Å². The van der Waals surface area contributed by atoms with Gasteiger partial charge in [-0.25, -0.2) is 13.8 Å². The Morgan fingerprint density at radius 3 is 2.75 bits per heavy atom. The van der Waals surface area contributed by atoms with Crippen LogP contribution in [0.2, 0.25) is 0 Å². The molecule has 0 saturated heterocycles. The number of halogens is 2. The van der Waals surface area contributed by atoms with Crippen molar-refractivity contribution in [3.63, 3.8) is 0 Å². The molecule has 20 heavy (non-hydrogen) atoms. The molecule has 1 aliphatic rings. The van der Waals surface area contributed by atoms with E-state index in [1.54, 1.807) is 6.07 Å². The summed E-state index contributed by atoms with van der Waals surface area (Å²) >= 11 is 0. The zero-order valence-electron chi connectivity index (χ0n) is 11.6. The zero-order chi connectivity index (χ0) is 14.1. The van der Waals surface area contributed by atoms with Gasteiger partial charge in [0.1, 0.15) is 5.52 Å². The summed E-state index contributed by atoms with van der Waals surface area (Å²) in [7, 11) is 0. The molecule has 106 valence electrons. The van der Waals surface area contributed by atoms with Crippen molar-refractivity contribution in [2.75, 3.05) is 11.9 Å². The normalized spacial score (nSPS) is 14.9. The fourth-order valence-corrected chi connectivity index (χ4v) is 2.99. The molecule has 0 atom stereocenters. The van der Waals surface area contributed by atoms with Crippen molar-refractivity contribution in [2.45, 2.75) is 39.0 Å². The summed E-state index contributed by atoms with van der Waals surface area (Å²) in [6.07, 6.45) is 5.16. The molecule has 0 aliphatic heterocycles. The monoisotopic (exact) mass is 276 g/mol. The van der Waals surface area contributed by atoms with Crippen molar-refractivity contribution in [1.29, 1.82) is 0 Å². The molecular weight excluding hydrogens is 258 g/mol. The van der Waals surface area contributed by atoms with E-state index in [2.05, 4.69) is 10.3 Å². The smallest absolute Gasteiger partial charge is 0.185 e. The molecule has 0 amide bonds. The van der Waals surface area contributed by atoms with E-state index in [9.17, 15) is 8.78 Å². The summed E-state index contributed by atoms with van der Waals surface area (Å²) in [6, 6.07) is 2.81. The van der Waals surface area contributed by atoms with Gasteiger partial charge in [0.15, 0.2) is 11.6 Å². The number of hydrogen-bond acceptors (Lipinski definition) is 2. The number of anilines is 1. The number of benzene rings is 1. The van der Waals surface area contributed by atoms with Crippen molar-refractivity contribution in [3.05, 3.63) is 35.0 Å². The summed E-state index contributed by atoms with van der Waals surface area (Å²) in [5.74, 6) is -1.67. The minimum Gasteiger partial charge on any atom is -0.384 e. The molecule has 4 heteroatoms. The fourth-order valence-electron chi connectivity index (χ4n) is 2.99. The Bertz CT molecular complexity index is 653. The van der Waals surface area contributed by atoms with Crippen LogP contribution >= 0.6 is 0 Å². The van der Waals surface area contributed by atoms with Gasteiger partial charge < -0.3 is 5.32 Å². The minimum absolute atomic E-state index is 0.154. The quantitative estimate of drug-likeness (QED) is 0.831. The second-order valence-corrected chi connectivity index (χ2v) is 5.26. The maximum Gasteiger partial charge on any atom is 0.185 e. The molecule has 1 N–H and O–H groups in total. The van der Waals surface area contributed by atoms with Crippen LogP contribution in [0.15, 0.2) is 12.1 Å². The maximum absolute atomic E-state index is 14.0. The van der Waals surface area contributed by atoms with Crippen LogP contribution in [0.1, 0.15) is 37.4 Å². The van der Waals surface area contributed by atoms with Gasteiger partial charge in [0.2, 0.25) is 0 Å². The number of aromatic nitrogens is 1. The van der Waals surface area contributed by atoms with Crippen molar-refractivity contribution in [2.24, 2.45) is 0 Å². The molecule has 1 aromatic heterocycles. The van der Waals surface area contributed by atoms with Crippen LogP contribution in [-0.4, -0.2) is 11.5 Å². The molecule has 0 bridgehead atoms.